The minimum absolute atomic E-state index is 0.00677. The molecular weight excluding hydrogens is 458 g/mol. The lowest BCUT2D eigenvalue weighted by Gasteiger charge is -2.18. The van der Waals surface area contributed by atoms with Gasteiger partial charge in [-0.15, -0.1) is 0 Å². The third-order valence-electron chi connectivity index (χ3n) is 5.97. The topological polar surface area (TPSA) is 58.2 Å². The Kier molecular flexibility index (Phi) is 10.4. The van der Waals surface area contributed by atoms with E-state index in [-0.39, 0.29) is 29.4 Å². The largest absolute Gasteiger partial charge is 0.353 e. The van der Waals surface area contributed by atoms with Gasteiger partial charge in [-0.05, 0) is 67.3 Å². The van der Waals surface area contributed by atoms with E-state index in [2.05, 4.69) is 10.6 Å². The number of rotatable bonds is 12. The number of carbonyl (C=O) groups excluding carboxylic acids is 2. The number of aryl methyl sites for hydroxylation is 1. The second-order valence-electron chi connectivity index (χ2n) is 8.75. The molecular formula is C30H32F2N2O2. The molecule has 0 radical (unpaired) electrons. The van der Waals surface area contributed by atoms with Gasteiger partial charge in [0.2, 0.25) is 5.91 Å². The zero-order valence-corrected chi connectivity index (χ0v) is 20.5. The van der Waals surface area contributed by atoms with Crippen LogP contribution in [0.5, 0.6) is 0 Å². The fourth-order valence-electron chi connectivity index (χ4n) is 3.94. The Morgan fingerprint density at radius 3 is 1.83 bits per heavy atom. The highest BCUT2D eigenvalue weighted by Gasteiger charge is 2.15. The van der Waals surface area contributed by atoms with Crippen LogP contribution in [-0.4, -0.2) is 24.9 Å². The summed E-state index contributed by atoms with van der Waals surface area (Å²) in [5, 5.41) is 5.66. The summed E-state index contributed by atoms with van der Waals surface area (Å²) in [7, 11) is 0. The van der Waals surface area contributed by atoms with Crippen LogP contribution in [0.2, 0.25) is 0 Å². The Hall–Kier alpha value is -3.80. The first-order valence-electron chi connectivity index (χ1n) is 12.2. The van der Waals surface area contributed by atoms with Crippen molar-refractivity contribution in [3.05, 3.63) is 119 Å². The molecule has 0 heterocycles. The molecule has 0 aromatic heterocycles. The molecule has 0 aliphatic heterocycles. The summed E-state index contributed by atoms with van der Waals surface area (Å²) in [6.45, 7) is 2.75. The normalized spacial score (nSPS) is 11.1. The van der Waals surface area contributed by atoms with E-state index in [4.69, 9.17) is 0 Å². The molecule has 2 amide bonds. The summed E-state index contributed by atoms with van der Waals surface area (Å²) in [5.41, 5.74) is 3.64. The average molecular weight is 491 g/mol. The first-order valence-corrected chi connectivity index (χ1v) is 12.2. The van der Waals surface area contributed by atoms with E-state index in [0.29, 0.717) is 31.5 Å². The van der Waals surface area contributed by atoms with Gasteiger partial charge in [0.25, 0.3) is 5.91 Å². The van der Waals surface area contributed by atoms with Crippen molar-refractivity contribution in [3.63, 3.8) is 0 Å². The molecule has 0 saturated heterocycles. The summed E-state index contributed by atoms with van der Waals surface area (Å²) < 4.78 is 26.7. The first-order chi connectivity index (χ1) is 17.4. The fraction of sp³-hybridized carbons (Fsp3) is 0.267. The molecule has 188 valence electrons. The lowest BCUT2D eigenvalue weighted by Crippen LogP contribution is -2.24. The number of amides is 2. The highest BCUT2D eigenvalue weighted by molar-refractivity contribution is 5.94. The number of hydrogen-bond donors (Lipinski definition) is 2. The number of unbranched alkanes of at least 4 members (excludes halogenated alkanes) is 1. The molecule has 3 aromatic carbocycles. The van der Waals surface area contributed by atoms with Gasteiger partial charge in [-0.3, -0.25) is 9.59 Å². The zero-order valence-electron chi connectivity index (χ0n) is 20.5. The highest BCUT2D eigenvalue weighted by atomic mass is 19.1. The van der Waals surface area contributed by atoms with Crippen molar-refractivity contribution in [1.29, 1.82) is 0 Å². The molecule has 0 fully saturated rings. The minimum atomic E-state index is -0.295. The van der Waals surface area contributed by atoms with Crippen LogP contribution < -0.4 is 10.6 Å². The van der Waals surface area contributed by atoms with Crippen molar-refractivity contribution in [2.24, 2.45) is 0 Å². The quantitative estimate of drug-likeness (QED) is 0.239. The van der Waals surface area contributed by atoms with Gasteiger partial charge in [-0.2, -0.15) is 0 Å². The van der Waals surface area contributed by atoms with E-state index in [9.17, 15) is 18.4 Å². The van der Waals surface area contributed by atoms with Gasteiger partial charge in [-0.1, -0.05) is 60.5 Å². The van der Waals surface area contributed by atoms with Crippen LogP contribution in [0.15, 0.2) is 84.9 Å². The molecule has 0 atom stereocenters. The van der Waals surface area contributed by atoms with E-state index in [0.717, 1.165) is 29.5 Å². The van der Waals surface area contributed by atoms with E-state index in [1.165, 1.54) is 24.3 Å². The van der Waals surface area contributed by atoms with E-state index >= 15 is 0 Å². The molecule has 0 aliphatic rings. The molecule has 0 spiro atoms. The van der Waals surface area contributed by atoms with Crippen LogP contribution in [0.1, 0.15) is 58.6 Å². The molecule has 36 heavy (non-hydrogen) atoms. The highest BCUT2D eigenvalue weighted by Crippen LogP contribution is 2.30. The van der Waals surface area contributed by atoms with Gasteiger partial charge < -0.3 is 10.6 Å². The zero-order chi connectivity index (χ0) is 25.8. The SMILES string of the molecule is Cc1ccc(C(=O)NCC=CCNC(=O)CCCCC(c2ccc(F)cc2)c2ccc(F)cc2)cc1. The second-order valence-corrected chi connectivity index (χ2v) is 8.75. The predicted octanol–water partition coefficient (Wildman–Crippen LogP) is 6.07. The van der Waals surface area contributed by atoms with Crippen LogP contribution in [0.25, 0.3) is 0 Å². The van der Waals surface area contributed by atoms with Crippen LogP contribution in [-0.2, 0) is 4.79 Å². The van der Waals surface area contributed by atoms with E-state index in [1.807, 2.05) is 31.2 Å². The number of benzene rings is 3. The molecule has 0 saturated carbocycles. The fourth-order valence-corrected chi connectivity index (χ4v) is 3.94. The maximum Gasteiger partial charge on any atom is 0.251 e. The van der Waals surface area contributed by atoms with Crippen LogP contribution in [0.4, 0.5) is 8.78 Å². The standard InChI is InChI=1S/C30H32F2N2O2/c1-22-8-10-25(11-9-22)30(36)34-21-5-4-20-33-29(35)7-3-2-6-28(23-12-16-26(31)17-13-23)24-14-18-27(32)19-15-24/h4-5,8-19,28H,2-3,6-7,20-21H2,1H3,(H,33,35)(H,34,36). The van der Waals surface area contributed by atoms with Crippen LogP contribution in [0, 0.1) is 18.6 Å². The molecule has 4 nitrogen and oxygen atoms in total. The third kappa shape index (κ3) is 8.77. The van der Waals surface area contributed by atoms with Gasteiger partial charge >= 0.3 is 0 Å². The number of halogens is 2. The first kappa shape index (κ1) is 26.8. The molecule has 0 unspecified atom stereocenters. The number of nitrogens with one attached hydrogen (secondary N) is 2. The van der Waals surface area contributed by atoms with Crippen LogP contribution >= 0.6 is 0 Å². The maximum atomic E-state index is 13.4. The van der Waals surface area contributed by atoms with Crippen molar-refractivity contribution in [1.82, 2.24) is 10.6 Å². The van der Waals surface area contributed by atoms with E-state index in [1.54, 1.807) is 36.4 Å². The summed E-state index contributed by atoms with van der Waals surface area (Å²) in [6, 6.07) is 20.1. The number of carbonyl (C=O) groups is 2. The third-order valence-corrected chi connectivity index (χ3v) is 5.97. The Bertz CT molecular complexity index is 1100. The molecule has 0 aliphatic carbocycles. The van der Waals surface area contributed by atoms with Crippen LogP contribution in [0.3, 0.4) is 0 Å². The van der Waals surface area contributed by atoms with Gasteiger partial charge in [-0.25, -0.2) is 8.78 Å². The van der Waals surface area contributed by atoms with Crippen molar-refractivity contribution in [2.75, 3.05) is 13.1 Å². The number of hydrogen-bond acceptors (Lipinski definition) is 2. The molecule has 0 bridgehead atoms. The van der Waals surface area contributed by atoms with Gasteiger partial charge in [0.1, 0.15) is 11.6 Å². The van der Waals surface area contributed by atoms with Gasteiger partial charge in [0.15, 0.2) is 0 Å². The van der Waals surface area contributed by atoms with Crippen molar-refractivity contribution < 1.29 is 18.4 Å². The monoisotopic (exact) mass is 490 g/mol. The van der Waals surface area contributed by atoms with Crippen molar-refractivity contribution in [3.8, 4) is 0 Å². The van der Waals surface area contributed by atoms with Crippen molar-refractivity contribution in [2.45, 2.75) is 38.5 Å². The lowest BCUT2D eigenvalue weighted by molar-refractivity contribution is -0.121. The Morgan fingerprint density at radius 1 is 0.750 bits per heavy atom. The summed E-state index contributed by atoms with van der Waals surface area (Å²) in [6.07, 6.45) is 6.30. The summed E-state index contributed by atoms with van der Waals surface area (Å²) in [4.78, 5) is 24.2. The van der Waals surface area contributed by atoms with E-state index < -0.39 is 0 Å². The molecule has 3 rings (SSSR count). The van der Waals surface area contributed by atoms with Crippen molar-refractivity contribution >= 4 is 11.8 Å². The van der Waals surface area contributed by atoms with Gasteiger partial charge in [0.05, 0.1) is 0 Å². The maximum absolute atomic E-state index is 13.4. The summed E-state index contributed by atoms with van der Waals surface area (Å²) in [5.74, 6) is -0.758. The Morgan fingerprint density at radius 2 is 1.28 bits per heavy atom. The Balaban J connectivity index is 1.36. The predicted molar refractivity (Wildman–Crippen MR) is 139 cm³/mol. The average Bonchev–Trinajstić information content (AvgIpc) is 2.88. The Labute approximate surface area is 211 Å². The smallest absolute Gasteiger partial charge is 0.251 e. The summed E-state index contributed by atoms with van der Waals surface area (Å²) >= 11 is 0. The molecule has 6 heteroatoms. The van der Waals surface area contributed by atoms with Gasteiger partial charge in [0, 0.05) is 31.0 Å². The molecule has 3 aromatic rings. The lowest BCUT2D eigenvalue weighted by atomic mass is 9.87. The second kappa shape index (κ2) is 13.9. The minimum Gasteiger partial charge on any atom is -0.353 e. The molecule has 2 N–H and O–H groups in total.